The van der Waals surface area contributed by atoms with Crippen molar-refractivity contribution in [1.29, 1.82) is 0 Å². The Morgan fingerprint density at radius 1 is 1.47 bits per heavy atom. The highest BCUT2D eigenvalue weighted by Crippen LogP contribution is 2.37. The summed E-state index contributed by atoms with van der Waals surface area (Å²) in [5, 5.41) is 4.32. The number of nitrogens with one attached hydrogen (secondary N) is 1. The number of hydrogen-bond donors (Lipinski definition) is 1. The molecule has 0 aromatic heterocycles. The Hall–Kier alpha value is -0.0500. The molecular weight excluding hydrogens is 298 g/mol. The Balaban J connectivity index is 2.23. The fourth-order valence-electron chi connectivity index (χ4n) is 2.81. The summed E-state index contributed by atoms with van der Waals surface area (Å²) in [5.74, 6) is 1.43. The van der Waals surface area contributed by atoms with Gasteiger partial charge in [-0.2, -0.15) is 0 Å². The second kappa shape index (κ2) is 6.21. The predicted molar refractivity (Wildman–Crippen MR) is 77.8 cm³/mol. The highest BCUT2D eigenvalue weighted by atomic mass is 79.9. The van der Waals surface area contributed by atoms with Crippen LogP contribution in [0.1, 0.15) is 37.7 Å². The van der Waals surface area contributed by atoms with E-state index in [9.17, 15) is 0 Å². The first-order valence-electron chi connectivity index (χ1n) is 6.38. The monoisotopic (exact) mass is 315 g/mol. The van der Waals surface area contributed by atoms with E-state index in [1.165, 1.54) is 24.8 Å². The molecule has 1 N–H and O–H groups in total. The lowest BCUT2D eigenvalue weighted by atomic mass is 9.79. The lowest BCUT2D eigenvalue weighted by Crippen LogP contribution is -2.35. The second-order valence-electron chi connectivity index (χ2n) is 4.81. The zero-order valence-corrected chi connectivity index (χ0v) is 12.5. The van der Waals surface area contributed by atoms with Gasteiger partial charge in [0, 0.05) is 9.50 Å². The fraction of sp³-hybridized carbons (Fsp3) is 0.571. The van der Waals surface area contributed by atoms with Gasteiger partial charge in [-0.15, -0.1) is 0 Å². The molecule has 2 atom stereocenters. The molecule has 1 aliphatic rings. The molecule has 1 fully saturated rings. The topological polar surface area (TPSA) is 12.0 Å². The minimum Gasteiger partial charge on any atom is -0.316 e. The number of rotatable bonds is 3. The average Bonchev–Trinajstić information content (AvgIpc) is 2.31. The number of piperidine rings is 1. The summed E-state index contributed by atoms with van der Waals surface area (Å²) in [5.41, 5.74) is 1.43. The van der Waals surface area contributed by atoms with Gasteiger partial charge < -0.3 is 5.32 Å². The van der Waals surface area contributed by atoms with Gasteiger partial charge in [-0.3, -0.25) is 0 Å². The van der Waals surface area contributed by atoms with Crippen LogP contribution in [-0.2, 0) is 0 Å². The first kappa shape index (κ1) is 13.4. The van der Waals surface area contributed by atoms with Crippen molar-refractivity contribution >= 4 is 27.5 Å². The van der Waals surface area contributed by atoms with Crippen LogP contribution in [0.3, 0.4) is 0 Å². The van der Waals surface area contributed by atoms with Crippen LogP contribution in [0.2, 0.25) is 5.02 Å². The van der Waals surface area contributed by atoms with E-state index in [1.807, 2.05) is 12.1 Å². The third-order valence-electron chi connectivity index (χ3n) is 3.63. The van der Waals surface area contributed by atoms with Gasteiger partial charge >= 0.3 is 0 Å². The minimum absolute atomic E-state index is 0.669. The molecule has 0 radical (unpaired) electrons. The first-order valence-corrected chi connectivity index (χ1v) is 7.55. The maximum Gasteiger partial charge on any atom is 0.0417 e. The van der Waals surface area contributed by atoms with Crippen LogP contribution < -0.4 is 5.32 Å². The molecule has 1 aliphatic heterocycles. The van der Waals surface area contributed by atoms with E-state index in [-0.39, 0.29) is 0 Å². The highest BCUT2D eigenvalue weighted by molar-refractivity contribution is 9.10. The quantitative estimate of drug-likeness (QED) is 0.859. The summed E-state index contributed by atoms with van der Waals surface area (Å²) in [7, 11) is 0. The molecule has 3 heteroatoms. The van der Waals surface area contributed by atoms with E-state index in [0.29, 0.717) is 5.92 Å². The van der Waals surface area contributed by atoms with Gasteiger partial charge in [-0.1, -0.05) is 46.9 Å². The lowest BCUT2D eigenvalue weighted by Gasteiger charge is -2.33. The van der Waals surface area contributed by atoms with Crippen LogP contribution in [0.4, 0.5) is 0 Å². The molecule has 0 saturated carbocycles. The molecule has 0 aliphatic carbocycles. The Kier molecular flexibility index (Phi) is 4.89. The van der Waals surface area contributed by atoms with Crippen molar-refractivity contribution in [2.45, 2.75) is 32.1 Å². The Labute approximate surface area is 117 Å². The molecule has 1 heterocycles. The third-order valence-corrected chi connectivity index (χ3v) is 4.55. The van der Waals surface area contributed by atoms with E-state index in [0.717, 1.165) is 28.5 Å². The van der Waals surface area contributed by atoms with Crippen molar-refractivity contribution in [3.8, 4) is 0 Å². The summed E-state index contributed by atoms with van der Waals surface area (Å²) in [6.07, 6.45) is 3.78. The predicted octanol–water partition coefficient (Wildman–Crippen LogP) is 4.60. The number of benzene rings is 1. The van der Waals surface area contributed by atoms with E-state index in [2.05, 4.69) is 34.2 Å². The maximum absolute atomic E-state index is 6.01. The minimum atomic E-state index is 0.669. The number of halogens is 2. The molecule has 2 rings (SSSR count). The standard InChI is InChI=1S/C14H19BrClN/c1-2-3-10-9-17-7-6-12(10)13-5-4-11(16)8-14(13)15/h4-5,8,10,12,17H,2-3,6-7,9H2,1H3. The van der Waals surface area contributed by atoms with Gasteiger partial charge in [0.15, 0.2) is 0 Å². The van der Waals surface area contributed by atoms with Crippen LogP contribution in [0.5, 0.6) is 0 Å². The first-order chi connectivity index (χ1) is 8.22. The zero-order chi connectivity index (χ0) is 12.3. The van der Waals surface area contributed by atoms with Gasteiger partial charge in [-0.05, 0) is 55.5 Å². The molecular formula is C14H19BrClN. The zero-order valence-electron chi connectivity index (χ0n) is 10.2. The van der Waals surface area contributed by atoms with Gasteiger partial charge in [-0.25, -0.2) is 0 Å². The lowest BCUT2D eigenvalue weighted by molar-refractivity contribution is 0.306. The molecule has 1 aromatic rings. The van der Waals surface area contributed by atoms with Crippen molar-refractivity contribution in [3.63, 3.8) is 0 Å². The summed E-state index contributed by atoms with van der Waals surface area (Å²) in [4.78, 5) is 0. The van der Waals surface area contributed by atoms with Crippen molar-refractivity contribution in [1.82, 2.24) is 5.32 Å². The third kappa shape index (κ3) is 3.24. The van der Waals surface area contributed by atoms with E-state index < -0.39 is 0 Å². The summed E-state index contributed by atoms with van der Waals surface area (Å²) in [6, 6.07) is 6.21. The Morgan fingerprint density at radius 2 is 2.29 bits per heavy atom. The van der Waals surface area contributed by atoms with Crippen LogP contribution in [-0.4, -0.2) is 13.1 Å². The SMILES string of the molecule is CCCC1CNCCC1c1ccc(Cl)cc1Br. The van der Waals surface area contributed by atoms with Crippen LogP contribution >= 0.6 is 27.5 Å². The van der Waals surface area contributed by atoms with Crippen molar-refractivity contribution in [2.24, 2.45) is 5.92 Å². The summed E-state index contributed by atoms with van der Waals surface area (Å²) in [6.45, 7) is 4.54. The summed E-state index contributed by atoms with van der Waals surface area (Å²) >= 11 is 9.67. The molecule has 94 valence electrons. The van der Waals surface area contributed by atoms with E-state index in [1.54, 1.807) is 0 Å². The average molecular weight is 317 g/mol. The Morgan fingerprint density at radius 3 is 3.00 bits per heavy atom. The highest BCUT2D eigenvalue weighted by Gasteiger charge is 2.26. The molecule has 0 amide bonds. The van der Waals surface area contributed by atoms with E-state index >= 15 is 0 Å². The second-order valence-corrected chi connectivity index (χ2v) is 6.10. The summed E-state index contributed by atoms with van der Waals surface area (Å²) < 4.78 is 1.16. The smallest absolute Gasteiger partial charge is 0.0417 e. The van der Waals surface area contributed by atoms with Crippen LogP contribution in [0.15, 0.2) is 22.7 Å². The van der Waals surface area contributed by atoms with Crippen LogP contribution in [0.25, 0.3) is 0 Å². The van der Waals surface area contributed by atoms with E-state index in [4.69, 9.17) is 11.6 Å². The van der Waals surface area contributed by atoms with Crippen molar-refractivity contribution in [2.75, 3.05) is 13.1 Å². The molecule has 0 bridgehead atoms. The largest absolute Gasteiger partial charge is 0.316 e. The normalized spacial score (nSPS) is 24.9. The Bertz CT molecular complexity index is 378. The van der Waals surface area contributed by atoms with Gasteiger partial charge in [0.2, 0.25) is 0 Å². The molecule has 17 heavy (non-hydrogen) atoms. The maximum atomic E-state index is 6.01. The van der Waals surface area contributed by atoms with Gasteiger partial charge in [0.1, 0.15) is 0 Å². The molecule has 1 nitrogen and oxygen atoms in total. The van der Waals surface area contributed by atoms with Gasteiger partial charge in [0.25, 0.3) is 0 Å². The van der Waals surface area contributed by atoms with Crippen molar-refractivity contribution < 1.29 is 0 Å². The molecule has 2 unspecified atom stereocenters. The molecule has 0 spiro atoms. The van der Waals surface area contributed by atoms with Gasteiger partial charge in [0.05, 0.1) is 0 Å². The van der Waals surface area contributed by atoms with Crippen molar-refractivity contribution in [3.05, 3.63) is 33.3 Å². The molecule has 1 saturated heterocycles. The number of hydrogen-bond acceptors (Lipinski definition) is 1. The molecule has 1 aromatic carbocycles. The van der Waals surface area contributed by atoms with Crippen LogP contribution in [0, 0.1) is 5.92 Å². The fourth-order valence-corrected chi connectivity index (χ4v) is 3.79.